The van der Waals surface area contributed by atoms with Crippen molar-refractivity contribution in [2.24, 2.45) is 5.16 Å². The van der Waals surface area contributed by atoms with Crippen LogP contribution in [0.15, 0.2) is 5.16 Å². The first-order chi connectivity index (χ1) is 5.26. The van der Waals surface area contributed by atoms with E-state index in [9.17, 15) is 4.79 Å². The molecule has 0 unspecified atom stereocenters. The molecule has 0 heterocycles. The second kappa shape index (κ2) is 4.77. The predicted octanol–water partition coefficient (Wildman–Crippen LogP) is -1.02. The van der Waals surface area contributed by atoms with Crippen LogP contribution < -0.4 is 5.32 Å². The Morgan fingerprint density at radius 2 is 2.27 bits per heavy atom. The van der Waals surface area contributed by atoms with Crippen molar-refractivity contribution in [3.63, 3.8) is 0 Å². The van der Waals surface area contributed by atoms with Crippen molar-refractivity contribution in [1.82, 2.24) is 5.32 Å². The molecule has 0 saturated carbocycles. The number of hydrogen-bond acceptors (Lipinski definition) is 5. The van der Waals surface area contributed by atoms with E-state index >= 15 is 0 Å². The molecule has 6 heteroatoms. The number of carbonyl (C=O) groups is 1. The number of oxime groups is 1. The molecule has 0 saturated heterocycles. The number of nitriles is 2. The summed E-state index contributed by atoms with van der Waals surface area (Å²) in [5, 5.41) is 28.5. The van der Waals surface area contributed by atoms with Crippen LogP contribution >= 0.6 is 0 Å². The van der Waals surface area contributed by atoms with Crippen molar-refractivity contribution in [2.45, 2.75) is 0 Å². The van der Waals surface area contributed by atoms with E-state index in [2.05, 4.69) is 5.16 Å². The van der Waals surface area contributed by atoms with Crippen molar-refractivity contribution in [1.29, 1.82) is 10.5 Å². The van der Waals surface area contributed by atoms with Gasteiger partial charge < -0.3 is 10.5 Å². The average molecular weight is 152 g/mol. The first-order valence-electron chi connectivity index (χ1n) is 2.53. The van der Waals surface area contributed by atoms with Gasteiger partial charge >= 0.3 is 0 Å². The molecule has 11 heavy (non-hydrogen) atoms. The number of amides is 1. The normalized spacial score (nSPS) is 9.45. The Kier molecular flexibility index (Phi) is 3.87. The number of rotatable bonds is 2. The number of hydrogen-bond donors (Lipinski definition) is 2. The van der Waals surface area contributed by atoms with Crippen molar-refractivity contribution >= 4 is 11.6 Å². The maximum Gasteiger partial charge on any atom is 0.285 e. The van der Waals surface area contributed by atoms with E-state index in [0.29, 0.717) is 0 Å². The fourth-order valence-electron chi connectivity index (χ4n) is 0.322. The quantitative estimate of drug-likeness (QED) is 0.228. The molecule has 0 fully saturated rings. The van der Waals surface area contributed by atoms with E-state index in [4.69, 9.17) is 15.7 Å². The van der Waals surface area contributed by atoms with Gasteiger partial charge in [-0.2, -0.15) is 10.5 Å². The molecular formula is C5H4N4O2. The number of carbonyl (C=O) groups excluding carboxylic acids is 1. The lowest BCUT2D eigenvalue weighted by molar-refractivity contribution is -0.114. The van der Waals surface area contributed by atoms with Gasteiger partial charge in [0.2, 0.25) is 5.71 Å². The monoisotopic (exact) mass is 152 g/mol. The Balaban J connectivity index is 4.07. The van der Waals surface area contributed by atoms with Gasteiger partial charge in [-0.25, -0.2) is 0 Å². The first-order valence-corrected chi connectivity index (χ1v) is 2.53. The van der Waals surface area contributed by atoms with Crippen LogP contribution in [0.2, 0.25) is 0 Å². The molecule has 0 aromatic heterocycles. The molecule has 6 nitrogen and oxygen atoms in total. The van der Waals surface area contributed by atoms with Crippen LogP contribution in [0.1, 0.15) is 0 Å². The van der Waals surface area contributed by atoms with Crippen LogP contribution in [0.3, 0.4) is 0 Å². The summed E-state index contributed by atoms with van der Waals surface area (Å²) < 4.78 is 0. The van der Waals surface area contributed by atoms with E-state index in [1.165, 1.54) is 6.07 Å². The van der Waals surface area contributed by atoms with Crippen LogP contribution in [-0.2, 0) is 4.79 Å². The van der Waals surface area contributed by atoms with Crippen LogP contribution in [0.25, 0.3) is 0 Å². The molecule has 2 N–H and O–H groups in total. The second-order valence-electron chi connectivity index (χ2n) is 1.40. The smallest absolute Gasteiger partial charge is 0.285 e. The Bertz CT molecular complexity index is 257. The van der Waals surface area contributed by atoms with Gasteiger partial charge in [0.15, 0.2) is 0 Å². The topological polar surface area (TPSA) is 109 Å². The summed E-state index contributed by atoms with van der Waals surface area (Å²) in [6.45, 7) is -0.223. The number of nitrogens with zero attached hydrogens (tertiary/aromatic N) is 3. The lowest BCUT2D eigenvalue weighted by Crippen LogP contribution is -2.30. The lowest BCUT2D eigenvalue weighted by Gasteiger charge is -1.93. The van der Waals surface area contributed by atoms with Gasteiger partial charge in [0.05, 0.1) is 6.07 Å². The molecule has 0 aliphatic heterocycles. The SMILES string of the molecule is N#CCNC(=O)/C(C#N)=N/O. The van der Waals surface area contributed by atoms with Gasteiger partial charge in [-0.3, -0.25) is 4.79 Å². The zero-order valence-corrected chi connectivity index (χ0v) is 5.40. The predicted molar refractivity (Wildman–Crippen MR) is 33.5 cm³/mol. The average Bonchev–Trinajstić information content (AvgIpc) is 2.03. The Hall–Kier alpha value is -2.08. The van der Waals surface area contributed by atoms with Crippen LogP contribution in [0, 0.1) is 22.7 Å². The van der Waals surface area contributed by atoms with E-state index in [1.54, 1.807) is 6.07 Å². The zero-order chi connectivity index (χ0) is 8.69. The molecule has 0 bridgehead atoms. The molecule has 0 spiro atoms. The Morgan fingerprint density at radius 3 is 2.64 bits per heavy atom. The van der Waals surface area contributed by atoms with Gasteiger partial charge in [-0.1, -0.05) is 5.16 Å². The third-order valence-corrected chi connectivity index (χ3v) is 0.749. The molecule has 0 aromatic carbocycles. The van der Waals surface area contributed by atoms with Gasteiger partial charge in [-0.15, -0.1) is 0 Å². The van der Waals surface area contributed by atoms with E-state index < -0.39 is 11.6 Å². The summed E-state index contributed by atoms with van der Waals surface area (Å²) in [6, 6.07) is 2.96. The molecule has 0 aromatic rings. The minimum Gasteiger partial charge on any atom is -0.410 e. The van der Waals surface area contributed by atoms with Crippen LogP contribution in [0.4, 0.5) is 0 Å². The third-order valence-electron chi connectivity index (χ3n) is 0.749. The minimum atomic E-state index is -0.864. The highest BCUT2D eigenvalue weighted by molar-refractivity contribution is 6.44. The van der Waals surface area contributed by atoms with Gasteiger partial charge in [-0.05, 0) is 0 Å². The van der Waals surface area contributed by atoms with E-state index in [-0.39, 0.29) is 6.54 Å². The summed E-state index contributed by atoms with van der Waals surface area (Å²) in [6.07, 6.45) is 0. The minimum absolute atomic E-state index is 0.223. The highest BCUT2D eigenvalue weighted by atomic mass is 16.4. The van der Waals surface area contributed by atoms with Gasteiger partial charge in [0.1, 0.15) is 12.6 Å². The fraction of sp³-hybridized carbons (Fsp3) is 0.200. The third kappa shape index (κ3) is 2.82. The summed E-state index contributed by atoms with van der Waals surface area (Å²) >= 11 is 0. The maximum absolute atomic E-state index is 10.6. The summed E-state index contributed by atoms with van der Waals surface area (Å²) in [4.78, 5) is 10.6. The van der Waals surface area contributed by atoms with Crippen LogP contribution in [-0.4, -0.2) is 23.4 Å². The molecular weight excluding hydrogens is 148 g/mol. The summed E-state index contributed by atoms with van der Waals surface area (Å²) in [5.74, 6) is -0.864. The van der Waals surface area contributed by atoms with Gasteiger partial charge in [0, 0.05) is 0 Å². The maximum atomic E-state index is 10.6. The zero-order valence-electron chi connectivity index (χ0n) is 5.40. The van der Waals surface area contributed by atoms with Gasteiger partial charge in [0.25, 0.3) is 5.91 Å². The Morgan fingerprint density at radius 1 is 1.64 bits per heavy atom. The van der Waals surface area contributed by atoms with Crippen molar-refractivity contribution in [2.75, 3.05) is 6.54 Å². The standard InChI is InChI=1S/C5H4N4O2/c6-1-2-8-5(10)4(3-7)9-11/h11H,2H2,(H,8,10)/b9-4+. The second-order valence-corrected chi connectivity index (χ2v) is 1.40. The van der Waals surface area contributed by atoms with E-state index in [1.807, 2.05) is 5.32 Å². The lowest BCUT2D eigenvalue weighted by atomic mass is 10.4. The van der Waals surface area contributed by atoms with Crippen molar-refractivity contribution in [3.8, 4) is 12.1 Å². The molecule has 0 aliphatic carbocycles. The highest BCUT2D eigenvalue weighted by Crippen LogP contribution is 1.73. The van der Waals surface area contributed by atoms with Crippen molar-refractivity contribution < 1.29 is 10.0 Å². The molecule has 56 valence electrons. The molecule has 0 rings (SSSR count). The first kappa shape index (κ1) is 8.92. The molecule has 0 radical (unpaired) electrons. The Labute approximate surface area is 62.3 Å². The number of nitrogens with one attached hydrogen (secondary N) is 1. The summed E-state index contributed by atoms with van der Waals surface area (Å²) in [7, 11) is 0. The fourth-order valence-corrected chi connectivity index (χ4v) is 0.322. The summed E-state index contributed by atoms with van der Waals surface area (Å²) in [5.41, 5.74) is -0.666. The largest absolute Gasteiger partial charge is 0.410 e. The van der Waals surface area contributed by atoms with Crippen LogP contribution in [0.5, 0.6) is 0 Å². The highest BCUT2D eigenvalue weighted by Gasteiger charge is 2.09. The molecule has 0 atom stereocenters. The molecule has 0 aliphatic rings. The van der Waals surface area contributed by atoms with Crippen molar-refractivity contribution in [3.05, 3.63) is 0 Å². The van der Waals surface area contributed by atoms with E-state index in [0.717, 1.165) is 0 Å². The molecule has 1 amide bonds.